The van der Waals surface area contributed by atoms with Crippen molar-refractivity contribution in [3.63, 3.8) is 0 Å². The number of hydrogen-bond acceptors (Lipinski definition) is 3. The zero-order valence-corrected chi connectivity index (χ0v) is 6.63. The standard InChI is InChI=1S/C6H5BrO3/c7-4-5(8)6-2-1-3-9-10-6/h1-3H,4H2. The zero-order chi connectivity index (χ0) is 7.40. The first-order chi connectivity index (χ1) is 4.84. The lowest BCUT2D eigenvalue weighted by atomic mass is 10.3. The van der Waals surface area contributed by atoms with E-state index in [0.29, 0.717) is 0 Å². The van der Waals surface area contributed by atoms with Gasteiger partial charge in [-0.2, -0.15) is 0 Å². The molecule has 0 fully saturated rings. The summed E-state index contributed by atoms with van der Waals surface area (Å²) in [7, 11) is 0. The molecule has 0 spiro atoms. The van der Waals surface area contributed by atoms with Crippen LogP contribution in [0.2, 0.25) is 0 Å². The van der Waals surface area contributed by atoms with E-state index in [0.717, 1.165) is 0 Å². The van der Waals surface area contributed by atoms with Crippen LogP contribution in [0.15, 0.2) is 24.2 Å². The van der Waals surface area contributed by atoms with Gasteiger partial charge in [0, 0.05) is 0 Å². The van der Waals surface area contributed by atoms with Crippen molar-refractivity contribution in [2.45, 2.75) is 0 Å². The van der Waals surface area contributed by atoms with Gasteiger partial charge in [0.25, 0.3) is 0 Å². The summed E-state index contributed by atoms with van der Waals surface area (Å²) in [5.41, 5.74) is 0. The SMILES string of the molecule is O=C(CBr)C1=CC=COO1. The first-order valence-corrected chi connectivity index (χ1v) is 3.76. The van der Waals surface area contributed by atoms with Crippen LogP contribution in [0, 0.1) is 0 Å². The highest BCUT2D eigenvalue weighted by Gasteiger charge is 2.11. The number of allylic oxidation sites excluding steroid dienone is 3. The highest BCUT2D eigenvalue weighted by molar-refractivity contribution is 9.09. The summed E-state index contributed by atoms with van der Waals surface area (Å²) in [5.74, 6) is 0.0868. The fraction of sp³-hybridized carbons (Fsp3) is 0.167. The van der Waals surface area contributed by atoms with Gasteiger partial charge in [-0.3, -0.25) is 14.6 Å². The summed E-state index contributed by atoms with van der Waals surface area (Å²) < 4.78 is 0. The van der Waals surface area contributed by atoms with Crippen molar-refractivity contribution in [1.29, 1.82) is 0 Å². The summed E-state index contributed by atoms with van der Waals surface area (Å²) in [6, 6.07) is 0. The molecule has 54 valence electrons. The highest BCUT2D eigenvalue weighted by atomic mass is 79.9. The number of alkyl halides is 1. The van der Waals surface area contributed by atoms with Gasteiger partial charge in [0.15, 0.2) is 0 Å². The molecule has 3 nitrogen and oxygen atoms in total. The fourth-order valence-electron chi connectivity index (χ4n) is 0.471. The Morgan fingerprint density at radius 1 is 1.70 bits per heavy atom. The van der Waals surface area contributed by atoms with Crippen LogP contribution in [-0.2, 0) is 14.6 Å². The topological polar surface area (TPSA) is 35.5 Å². The van der Waals surface area contributed by atoms with Crippen LogP contribution in [0.4, 0.5) is 0 Å². The predicted octanol–water partition coefficient (Wildman–Crippen LogP) is 1.31. The molecule has 0 aromatic rings. The number of Topliss-reactive ketones (excluding diaryl/α,β-unsaturated/α-hetero) is 1. The molecule has 1 aliphatic heterocycles. The second-order valence-electron chi connectivity index (χ2n) is 1.60. The smallest absolute Gasteiger partial charge is 0.222 e. The third-order valence-electron chi connectivity index (χ3n) is 0.916. The lowest BCUT2D eigenvalue weighted by Gasteiger charge is -2.05. The summed E-state index contributed by atoms with van der Waals surface area (Å²) >= 11 is 3.00. The molecule has 1 heterocycles. The van der Waals surface area contributed by atoms with Crippen molar-refractivity contribution in [1.82, 2.24) is 0 Å². The van der Waals surface area contributed by atoms with Crippen molar-refractivity contribution in [2.75, 3.05) is 5.33 Å². The van der Waals surface area contributed by atoms with Gasteiger partial charge in [0.1, 0.15) is 6.26 Å². The van der Waals surface area contributed by atoms with Crippen molar-refractivity contribution in [3.05, 3.63) is 24.2 Å². The maximum Gasteiger partial charge on any atom is 0.222 e. The van der Waals surface area contributed by atoms with Crippen molar-refractivity contribution in [3.8, 4) is 0 Å². The van der Waals surface area contributed by atoms with Gasteiger partial charge in [-0.15, -0.1) is 0 Å². The third-order valence-corrected chi connectivity index (χ3v) is 1.43. The van der Waals surface area contributed by atoms with E-state index < -0.39 is 0 Å². The van der Waals surface area contributed by atoms with Crippen LogP contribution >= 0.6 is 15.9 Å². The van der Waals surface area contributed by atoms with E-state index in [9.17, 15) is 4.79 Å². The average Bonchev–Trinajstić information content (AvgIpc) is 2.05. The number of carbonyl (C=O) groups is 1. The Balaban J connectivity index is 2.62. The van der Waals surface area contributed by atoms with Crippen LogP contribution < -0.4 is 0 Å². The zero-order valence-electron chi connectivity index (χ0n) is 5.04. The maximum absolute atomic E-state index is 10.8. The van der Waals surface area contributed by atoms with Crippen molar-refractivity contribution < 1.29 is 14.6 Å². The van der Waals surface area contributed by atoms with Gasteiger partial charge < -0.3 is 0 Å². The monoisotopic (exact) mass is 204 g/mol. The second-order valence-corrected chi connectivity index (χ2v) is 2.16. The Bertz CT molecular complexity index is 195. The van der Waals surface area contributed by atoms with Crippen LogP contribution in [-0.4, -0.2) is 11.1 Å². The van der Waals surface area contributed by atoms with Gasteiger partial charge in [-0.25, -0.2) is 0 Å². The Morgan fingerprint density at radius 2 is 2.50 bits per heavy atom. The minimum atomic E-state index is -0.135. The van der Waals surface area contributed by atoms with Crippen LogP contribution in [0.1, 0.15) is 0 Å². The predicted molar refractivity (Wildman–Crippen MR) is 38.2 cm³/mol. The summed E-state index contributed by atoms with van der Waals surface area (Å²) in [4.78, 5) is 19.8. The van der Waals surface area contributed by atoms with Crippen LogP contribution in [0.5, 0.6) is 0 Å². The molecule has 0 aromatic heterocycles. The van der Waals surface area contributed by atoms with Gasteiger partial charge >= 0.3 is 0 Å². The van der Waals surface area contributed by atoms with Crippen molar-refractivity contribution in [2.24, 2.45) is 0 Å². The van der Waals surface area contributed by atoms with Crippen LogP contribution in [0.25, 0.3) is 0 Å². The second kappa shape index (κ2) is 3.41. The minimum absolute atomic E-state index is 0.135. The highest BCUT2D eigenvalue weighted by Crippen LogP contribution is 2.07. The molecule has 0 aromatic carbocycles. The first kappa shape index (κ1) is 7.34. The molecular weight excluding hydrogens is 200 g/mol. The summed E-state index contributed by atoms with van der Waals surface area (Å²) in [5, 5.41) is 0.246. The molecule has 0 saturated carbocycles. The number of rotatable bonds is 2. The Kier molecular flexibility index (Phi) is 2.50. The van der Waals surface area contributed by atoms with E-state index in [2.05, 4.69) is 25.7 Å². The Morgan fingerprint density at radius 3 is 3.00 bits per heavy atom. The van der Waals surface area contributed by atoms with Gasteiger partial charge in [-0.1, -0.05) is 15.9 Å². The molecule has 0 aliphatic carbocycles. The fourth-order valence-corrected chi connectivity index (χ4v) is 0.748. The van der Waals surface area contributed by atoms with E-state index in [-0.39, 0.29) is 16.9 Å². The first-order valence-electron chi connectivity index (χ1n) is 2.64. The number of halogens is 1. The summed E-state index contributed by atoms with van der Waals surface area (Å²) in [6.07, 6.45) is 4.50. The molecular formula is C6H5BrO3. The number of carbonyl (C=O) groups excluding carboxylic acids is 1. The van der Waals surface area contributed by atoms with E-state index in [1.807, 2.05) is 0 Å². The normalized spacial score (nSPS) is 15.1. The molecule has 0 radical (unpaired) electrons. The molecule has 4 heteroatoms. The molecule has 0 atom stereocenters. The van der Waals surface area contributed by atoms with Gasteiger partial charge in [-0.05, 0) is 12.2 Å². The lowest BCUT2D eigenvalue weighted by Crippen LogP contribution is -2.08. The molecule has 0 saturated heterocycles. The molecule has 0 N–H and O–H groups in total. The molecule has 0 bridgehead atoms. The van der Waals surface area contributed by atoms with Crippen molar-refractivity contribution >= 4 is 21.7 Å². The van der Waals surface area contributed by atoms with E-state index in [4.69, 9.17) is 0 Å². The lowest BCUT2D eigenvalue weighted by molar-refractivity contribution is -0.214. The third kappa shape index (κ3) is 1.60. The van der Waals surface area contributed by atoms with E-state index in [1.165, 1.54) is 6.26 Å². The van der Waals surface area contributed by atoms with E-state index >= 15 is 0 Å². The van der Waals surface area contributed by atoms with E-state index in [1.54, 1.807) is 12.2 Å². The molecule has 1 aliphatic rings. The molecule has 0 unspecified atom stereocenters. The largest absolute Gasteiger partial charge is 0.298 e. The van der Waals surface area contributed by atoms with Gasteiger partial charge in [0.2, 0.25) is 11.5 Å². The molecule has 0 amide bonds. The van der Waals surface area contributed by atoms with Crippen LogP contribution in [0.3, 0.4) is 0 Å². The Labute approximate surface area is 66.4 Å². The number of ketones is 1. The summed E-state index contributed by atoms with van der Waals surface area (Å²) in [6.45, 7) is 0. The van der Waals surface area contributed by atoms with Gasteiger partial charge in [0.05, 0.1) is 5.33 Å². The quantitative estimate of drug-likeness (QED) is 0.503. The maximum atomic E-state index is 10.8. The average molecular weight is 205 g/mol. The minimum Gasteiger partial charge on any atom is -0.298 e. The molecule has 1 rings (SSSR count). The Hall–Kier alpha value is -0.770. The molecule has 10 heavy (non-hydrogen) atoms. The number of hydrogen-bond donors (Lipinski definition) is 0.